The van der Waals surface area contributed by atoms with E-state index in [1.807, 2.05) is 19.1 Å². The van der Waals surface area contributed by atoms with Crippen molar-refractivity contribution in [1.82, 2.24) is 10.3 Å². The van der Waals surface area contributed by atoms with E-state index >= 15 is 0 Å². The van der Waals surface area contributed by atoms with Crippen LogP contribution in [0.3, 0.4) is 0 Å². The second-order valence-corrected chi connectivity index (χ2v) is 4.77. The molecule has 82 valence electrons. The van der Waals surface area contributed by atoms with E-state index in [-0.39, 0.29) is 0 Å². The van der Waals surface area contributed by atoms with Crippen LogP contribution in [0.15, 0.2) is 16.6 Å². The molecule has 4 heteroatoms. The average molecular weight is 270 g/mol. The number of hydrogen-bond donors (Lipinski definition) is 2. The zero-order chi connectivity index (χ0) is 10.7. The number of nitrogens with one attached hydrogen (secondary N) is 2. The number of anilines is 1. The Hall–Kier alpha value is -0.610. The van der Waals surface area contributed by atoms with Crippen molar-refractivity contribution in [1.29, 1.82) is 0 Å². The summed E-state index contributed by atoms with van der Waals surface area (Å²) in [4.78, 5) is 4.42. The second kappa shape index (κ2) is 4.94. The molecule has 1 fully saturated rings. The highest BCUT2D eigenvalue weighted by Crippen LogP contribution is 2.18. The largest absolute Gasteiger partial charge is 0.369 e. The molecular weight excluding hydrogens is 254 g/mol. The van der Waals surface area contributed by atoms with Crippen molar-refractivity contribution in [3.05, 3.63) is 22.3 Å². The Labute approximate surface area is 98.8 Å². The van der Waals surface area contributed by atoms with Gasteiger partial charge in [0.05, 0.1) is 5.69 Å². The summed E-state index contributed by atoms with van der Waals surface area (Å²) < 4.78 is 1.06. The lowest BCUT2D eigenvalue weighted by atomic mass is 10.4. The molecule has 1 aliphatic carbocycles. The molecule has 1 aliphatic rings. The number of aryl methyl sites for hydroxylation is 1. The molecule has 0 aromatic carbocycles. The minimum absolute atomic E-state index is 0.784. The molecule has 2 rings (SSSR count). The Bertz CT molecular complexity index is 337. The van der Waals surface area contributed by atoms with E-state index in [0.29, 0.717) is 0 Å². The van der Waals surface area contributed by atoms with Crippen molar-refractivity contribution in [2.24, 2.45) is 0 Å². The Morgan fingerprint density at radius 2 is 2.20 bits per heavy atom. The van der Waals surface area contributed by atoms with Crippen molar-refractivity contribution in [3.63, 3.8) is 0 Å². The molecule has 1 aromatic heterocycles. The molecule has 0 spiro atoms. The van der Waals surface area contributed by atoms with Gasteiger partial charge in [0, 0.05) is 23.6 Å². The van der Waals surface area contributed by atoms with Crippen LogP contribution >= 0.6 is 15.9 Å². The van der Waals surface area contributed by atoms with Gasteiger partial charge in [-0.2, -0.15) is 0 Å². The van der Waals surface area contributed by atoms with Gasteiger partial charge in [0.2, 0.25) is 0 Å². The van der Waals surface area contributed by atoms with Crippen LogP contribution in [-0.2, 0) is 0 Å². The Morgan fingerprint density at radius 1 is 1.40 bits per heavy atom. The highest BCUT2D eigenvalue weighted by molar-refractivity contribution is 9.10. The molecule has 3 nitrogen and oxygen atoms in total. The molecular formula is C11H16BrN3. The minimum atomic E-state index is 0.784. The molecule has 1 aromatic rings. The van der Waals surface area contributed by atoms with E-state index in [0.717, 1.165) is 35.1 Å². The van der Waals surface area contributed by atoms with E-state index in [1.54, 1.807) is 0 Å². The third kappa shape index (κ3) is 3.47. The number of rotatable bonds is 5. The topological polar surface area (TPSA) is 37.0 Å². The van der Waals surface area contributed by atoms with Crippen LogP contribution < -0.4 is 10.6 Å². The summed E-state index contributed by atoms with van der Waals surface area (Å²) >= 11 is 3.44. The normalized spacial score (nSPS) is 15.3. The van der Waals surface area contributed by atoms with E-state index in [1.165, 1.54) is 12.8 Å². The van der Waals surface area contributed by atoms with Crippen LogP contribution in [0.2, 0.25) is 0 Å². The summed E-state index contributed by atoms with van der Waals surface area (Å²) in [6, 6.07) is 4.80. The molecule has 0 radical (unpaired) electrons. The van der Waals surface area contributed by atoms with Gasteiger partial charge < -0.3 is 10.6 Å². The molecule has 0 amide bonds. The van der Waals surface area contributed by atoms with Crippen LogP contribution in [0.25, 0.3) is 0 Å². The molecule has 2 N–H and O–H groups in total. The third-order valence-corrected chi connectivity index (χ3v) is 3.30. The Morgan fingerprint density at radius 3 is 2.87 bits per heavy atom. The van der Waals surface area contributed by atoms with Gasteiger partial charge in [0.1, 0.15) is 5.82 Å². The summed E-state index contributed by atoms with van der Waals surface area (Å²) in [7, 11) is 0. The Balaban J connectivity index is 1.74. The molecule has 0 unspecified atom stereocenters. The summed E-state index contributed by atoms with van der Waals surface area (Å²) in [6.07, 6.45) is 2.69. The first-order valence-electron chi connectivity index (χ1n) is 5.36. The Kier molecular flexibility index (Phi) is 3.59. The molecule has 0 saturated heterocycles. The van der Waals surface area contributed by atoms with Crippen LogP contribution in [0.4, 0.5) is 5.82 Å². The fourth-order valence-electron chi connectivity index (χ4n) is 1.40. The predicted molar refractivity (Wildman–Crippen MR) is 66.2 cm³/mol. The molecule has 1 heterocycles. The van der Waals surface area contributed by atoms with Crippen molar-refractivity contribution in [2.75, 3.05) is 18.4 Å². The number of nitrogens with zero attached hydrogens (tertiary/aromatic N) is 1. The van der Waals surface area contributed by atoms with Crippen LogP contribution in [0.1, 0.15) is 18.5 Å². The van der Waals surface area contributed by atoms with Crippen molar-refractivity contribution in [3.8, 4) is 0 Å². The van der Waals surface area contributed by atoms with Gasteiger partial charge in [-0.05, 0) is 47.8 Å². The van der Waals surface area contributed by atoms with E-state index < -0.39 is 0 Å². The van der Waals surface area contributed by atoms with Gasteiger partial charge in [-0.3, -0.25) is 0 Å². The quantitative estimate of drug-likeness (QED) is 0.806. The molecule has 15 heavy (non-hydrogen) atoms. The SMILES string of the molecule is Cc1nc(NCCNC2CC2)ccc1Br. The first-order chi connectivity index (χ1) is 7.25. The second-order valence-electron chi connectivity index (χ2n) is 3.92. The van der Waals surface area contributed by atoms with Crippen LogP contribution in [-0.4, -0.2) is 24.1 Å². The maximum absolute atomic E-state index is 4.42. The summed E-state index contributed by atoms with van der Waals surface area (Å²) in [6.45, 7) is 3.95. The van der Waals surface area contributed by atoms with Gasteiger partial charge in [0.25, 0.3) is 0 Å². The zero-order valence-corrected chi connectivity index (χ0v) is 10.5. The molecule has 1 saturated carbocycles. The maximum Gasteiger partial charge on any atom is 0.126 e. The fraction of sp³-hybridized carbons (Fsp3) is 0.545. The van der Waals surface area contributed by atoms with Crippen LogP contribution in [0.5, 0.6) is 0 Å². The molecule has 0 atom stereocenters. The van der Waals surface area contributed by atoms with E-state index in [2.05, 4.69) is 31.5 Å². The summed E-state index contributed by atoms with van der Waals surface area (Å²) in [5.41, 5.74) is 1.02. The van der Waals surface area contributed by atoms with Crippen molar-refractivity contribution in [2.45, 2.75) is 25.8 Å². The maximum atomic E-state index is 4.42. The molecule has 0 bridgehead atoms. The third-order valence-electron chi connectivity index (χ3n) is 2.46. The van der Waals surface area contributed by atoms with E-state index in [4.69, 9.17) is 0 Å². The number of hydrogen-bond acceptors (Lipinski definition) is 3. The van der Waals surface area contributed by atoms with Crippen molar-refractivity contribution < 1.29 is 0 Å². The first kappa shape index (κ1) is 10.9. The van der Waals surface area contributed by atoms with Gasteiger partial charge in [-0.15, -0.1) is 0 Å². The van der Waals surface area contributed by atoms with Gasteiger partial charge >= 0.3 is 0 Å². The number of aromatic nitrogens is 1. The molecule has 0 aliphatic heterocycles. The lowest BCUT2D eigenvalue weighted by Gasteiger charge is -2.07. The average Bonchev–Trinajstić information content (AvgIpc) is 3.02. The minimum Gasteiger partial charge on any atom is -0.369 e. The fourth-order valence-corrected chi connectivity index (χ4v) is 1.62. The van der Waals surface area contributed by atoms with Crippen molar-refractivity contribution >= 4 is 21.7 Å². The lowest BCUT2D eigenvalue weighted by Crippen LogP contribution is -2.24. The van der Waals surface area contributed by atoms with Crippen LogP contribution in [0, 0.1) is 6.92 Å². The highest BCUT2D eigenvalue weighted by Gasteiger charge is 2.19. The van der Waals surface area contributed by atoms with Gasteiger partial charge in [0.15, 0.2) is 0 Å². The first-order valence-corrected chi connectivity index (χ1v) is 6.15. The number of halogens is 1. The smallest absolute Gasteiger partial charge is 0.126 e. The predicted octanol–water partition coefficient (Wildman–Crippen LogP) is 2.32. The van der Waals surface area contributed by atoms with Gasteiger partial charge in [-0.25, -0.2) is 4.98 Å². The van der Waals surface area contributed by atoms with Gasteiger partial charge in [-0.1, -0.05) is 0 Å². The standard InChI is InChI=1S/C11H16BrN3/c1-8-10(12)4-5-11(15-8)14-7-6-13-9-2-3-9/h4-5,9,13H,2-3,6-7H2,1H3,(H,14,15). The number of pyridine rings is 1. The summed E-state index contributed by atoms with van der Waals surface area (Å²) in [5.74, 6) is 0.952. The lowest BCUT2D eigenvalue weighted by molar-refractivity contribution is 0.700. The monoisotopic (exact) mass is 269 g/mol. The highest BCUT2D eigenvalue weighted by atomic mass is 79.9. The summed E-state index contributed by atoms with van der Waals surface area (Å²) in [5, 5.41) is 6.75. The zero-order valence-electron chi connectivity index (χ0n) is 8.89. The van der Waals surface area contributed by atoms with E-state index in [9.17, 15) is 0 Å².